The van der Waals surface area contributed by atoms with Crippen molar-refractivity contribution in [2.75, 3.05) is 18.5 Å². The Labute approximate surface area is 138 Å². The summed E-state index contributed by atoms with van der Waals surface area (Å²) in [6, 6.07) is 13.2. The van der Waals surface area contributed by atoms with Crippen LogP contribution in [-0.4, -0.2) is 24.4 Å². The standard InChI is InChI=1S/C16H17BrClNO2/c1-11-3-2-4-15(18)16(11)19-9-13(20)10-21-14-7-5-12(17)6-8-14/h2-8,13,19-20H,9-10H2,1H3. The van der Waals surface area contributed by atoms with Gasteiger partial charge in [-0.05, 0) is 42.8 Å². The van der Waals surface area contributed by atoms with Crippen molar-refractivity contribution in [1.82, 2.24) is 0 Å². The third-order valence-electron chi connectivity index (χ3n) is 2.99. The zero-order chi connectivity index (χ0) is 15.2. The minimum atomic E-state index is -0.621. The second-order valence-corrected chi connectivity index (χ2v) is 6.05. The molecular weight excluding hydrogens is 354 g/mol. The molecule has 0 aliphatic carbocycles. The van der Waals surface area contributed by atoms with Gasteiger partial charge in [0.25, 0.3) is 0 Å². The molecule has 2 aromatic carbocycles. The van der Waals surface area contributed by atoms with Crippen LogP contribution >= 0.6 is 27.5 Å². The number of hydrogen-bond donors (Lipinski definition) is 2. The van der Waals surface area contributed by atoms with Crippen LogP contribution in [0.25, 0.3) is 0 Å². The van der Waals surface area contributed by atoms with E-state index in [-0.39, 0.29) is 6.61 Å². The van der Waals surface area contributed by atoms with Crippen LogP contribution in [0.5, 0.6) is 5.75 Å². The van der Waals surface area contributed by atoms with Gasteiger partial charge in [0.2, 0.25) is 0 Å². The Hall–Kier alpha value is -1.23. The highest BCUT2D eigenvalue weighted by Gasteiger charge is 2.08. The van der Waals surface area contributed by atoms with E-state index < -0.39 is 6.10 Å². The molecule has 2 rings (SSSR count). The Morgan fingerprint density at radius 1 is 1.24 bits per heavy atom. The zero-order valence-electron chi connectivity index (χ0n) is 11.6. The predicted molar refractivity (Wildman–Crippen MR) is 90.3 cm³/mol. The molecule has 112 valence electrons. The normalized spacial score (nSPS) is 12.0. The highest BCUT2D eigenvalue weighted by molar-refractivity contribution is 9.10. The van der Waals surface area contributed by atoms with E-state index in [0.717, 1.165) is 21.5 Å². The number of aryl methyl sites for hydroxylation is 1. The van der Waals surface area contributed by atoms with Gasteiger partial charge >= 0.3 is 0 Å². The summed E-state index contributed by atoms with van der Waals surface area (Å²) in [7, 11) is 0. The maximum Gasteiger partial charge on any atom is 0.119 e. The molecule has 21 heavy (non-hydrogen) atoms. The number of hydrogen-bond acceptors (Lipinski definition) is 3. The second kappa shape index (κ2) is 7.69. The van der Waals surface area contributed by atoms with Crippen LogP contribution < -0.4 is 10.1 Å². The quantitative estimate of drug-likeness (QED) is 0.798. The lowest BCUT2D eigenvalue weighted by Crippen LogP contribution is -2.26. The molecule has 5 heteroatoms. The van der Waals surface area contributed by atoms with Gasteiger partial charge in [0.05, 0.1) is 10.7 Å². The largest absolute Gasteiger partial charge is 0.491 e. The fraction of sp³-hybridized carbons (Fsp3) is 0.250. The van der Waals surface area contributed by atoms with E-state index in [1.54, 1.807) is 0 Å². The highest BCUT2D eigenvalue weighted by atomic mass is 79.9. The lowest BCUT2D eigenvalue weighted by Gasteiger charge is -2.16. The van der Waals surface area contributed by atoms with E-state index in [1.807, 2.05) is 49.4 Å². The Morgan fingerprint density at radius 3 is 2.62 bits per heavy atom. The molecule has 0 bridgehead atoms. The van der Waals surface area contributed by atoms with Gasteiger partial charge in [-0.2, -0.15) is 0 Å². The first-order valence-electron chi connectivity index (χ1n) is 6.61. The van der Waals surface area contributed by atoms with Gasteiger partial charge in [0.1, 0.15) is 18.5 Å². The maximum atomic E-state index is 9.97. The summed E-state index contributed by atoms with van der Waals surface area (Å²) in [5, 5.41) is 13.8. The lowest BCUT2D eigenvalue weighted by atomic mass is 10.2. The van der Waals surface area contributed by atoms with Crippen molar-refractivity contribution in [3.63, 3.8) is 0 Å². The van der Waals surface area contributed by atoms with Crippen molar-refractivity contribution in [1.29, 1.82) is 0 Å². The topological polar surface area (TPSA) is 41.5 Å². The second-order valence-electron chi connectivity index (χ2n) is 4.73. The summed E-state index contributed by atoms with van der Waals surface area (Å²) in [4.78, 5) is 0. The molecule has 0 aliphatic rings. The number of benzene rings is 2. The maximum absolute atomic E-state index is 9.97. The molecule has 3 nitrogen and oxygen atoms in total. The zero-order valence-corrected chi connectivity index (χ0v) is 14.0. The average molecular weight is 371 g/mol. The predicted octanol–water partition coefficient (Wildman–Crippen LogP) is 4.26. The first kappa shape index (κ1) is 16.1. The van der Waals surface area contributed by atoms with Gasteiger partial charge in [0, 0.05) is 11.0 Å². The third-order valence-corrected chi connectivity index (χ3v) is 3.84. The fourth-order valence-electron chi connectivity index (χ4n) is 1.86. The third kappa shape index (κ3) is 4.92. The number of aliphatic hydroxyl groups excluding tert-OH is 1. The summed E-state index contributed by atoms with van der Waals surface area (Å²) >= 11 is 9.48. The summed E-state index contributed by atoms with van der Waals surface area (Å²) in [6.07, 6.45) is -0.621. The molecule has 0 aromatic heterocycles. The van der Waals surface area contributed by atoms with E-state index in [1.165, 1.54) is 0 Å². The van der Waals surface area contributed by atoms with Crippen LogP contribution in [0.15, 0.2) is 46.9 Å². The van der Waals surface area contributed by atoms with Crippen molar-refractivity contribution in [2.45, 2.75) is 13.0 Å². The molecule has 2 N–H and O–H groups in total. The number of anilines is 1. The van der Waals surface area contributed by atoms with E-state index in [9.17, 15) is 5.11 Å². The van der Waals surface area contributed by atoms with Crippen molar-refractivity contribution in [3.8, 4) is 5.75 Å². The average Bonchev–Trinajstić information content (AvgIpc) is 2.46. The van der Waals surface area contributed by atoms with Crippen molar-refractivity contribution in [3.05, 3.63) is 57.5 Å². The van der Waals surface area contributed by atoms with Crippen molar-refractivity contribution < 1.29 is 9.84 Å². The van der Waals surface area contributed by atoms with Crippen LogP contribution in [0.4, 0.5) is 5.69 Å². The van der Waals surface area contributed by atoms with E-state index in [2.05, 4.69) is 21.2 Å². The van der Waals surface area contributed by atoms with Gasteiger partial charge in [-0.25, -0.2) is 0 Å². The monoisotopic (exact) mass is 369 g/mol. The van der Waals surface area contributed by atoms with Crippen molar-refractivity contribution >= 4 is 33.2 Å². The van der Waals surface area contributed by atoms with E-state index in [4.69, 9.17) is 16.3 Å². The molecule has 0 heterocycles. The van der Waals surface area contributed by atoms with Crippen LogP contribution in [0, 0.1) is 6.92 Å². The van der Waals surface area contributed by atoms with E-state index >= 15 is 0 Å². The molecule has 0 fully saturated rings. The molecule has 1 unspecified atom stereocenters. The smallest absolute Gasteiger partial charge is 0.119 e. The number of ether oxygens (including phenoxy) is 1. The summed E-state index contributed by atoms with van der Waals surface area (Å²) < 4.78 is 6.52. The van der Waals surface area contributed by atoms with Crippen LogP contribution in [0.3, 0.4) is 0 Å². The molecule has 2 aromatic rings. The Bertz CT molecular complexity index is 569. The number of nitrogens with one attached hydrogen (secondary N) is 1. The van der Waals surface area contributed by atoms with Gasteiger partial charge in [-0.1, -0.05) is 39.7 Å². The van der Waals surface area contributed by atoms with Crippen LogP contribution in [-0.2, 0) is 0 Å². The summed E-state index contributed by atoms with van der Waals surface area (Å²) in [5.41, 5.74) is 1.89. The first-order chi connectivity index (χ1) is 10.1. The molecule has 0 saturated heterocycles. The number of rotatable bonds is 6. The highest BCUT2D eigenvalue weighted by Crippen LogP contribution is 2.25. The molecule has 0 radical (unpaired) electrons. The minimum Gasteiger partial charge on any atom is -0.491 e. The summed E-state index contributed by atoms with van der Waals surface area (Å²) in [5.74, 6) is 0.728. The lowest BCUT2D eigenvalue weighted by molar-refractivity contribution is 0.117. The van der Waals surface area contributed by atoms with E-state index in [0.29, 0.717) is 11.6 Å². The Kier molecular flexibility index (Phi) is 5.91. The number of para-hydroxylation sites is 1. The molecular formula is C16H17BrClNO2. The Morgan fingerprint density at radius 2 is 1.95 bits per heavy atom. The number of halogens is 2. The molecule has 1 atom stereocenters. The molecule has 0 amide bonds. The summed E-state index contributed by atoms with van der Waals surface area (Å²) in [6.45, 7) is 2.57. The van der Waals surface area contributed by atoms with Gasteiger partial charge < -0.3 is 15.2 Å². The molecule has 0 spiro atoms. The molecule has 0 aliphatic heterocycles. The Balaban J connectivity index is 1.82. The number of aliphatic hydroxyl groups is 1. The van der Waals surface area contributed by atoms with Crippen LogP contribution in [0.1, 0.15) is 5.56 Å². The van der Waals surface area contributed by atoms with Crippen molar-refractivity contribution in [2.24, 2.45) is 0 Å². The fourth-order valence-corrected chi connectivity index (χ4v) is 2.41. The first-order valence-corrected chi connectivity index (χ1v) is 7.79. The van der Waals surface area contributed by atoms with Gasteiger partial charge in [0.15, 0.2) is 0 Å². The SMILES string of the molecule is Cc1cccc(Cl)c1NCC(O)COc1ccc(Br)cc1. The van der Waals surface area contributed by atoms with Gasteiger partial charge in [-0.3, -0.25) is 0 Å². The van der Waals surface area contributed by atoms with Crippen LogP contribution in [0.2, 0.25) is 5.02 Å². The van der Waals surface area contributed by atoms with Gasteiger partial charge in [-0.15, -0.1) is 0 Å². The molecule has 0 saturated carbocycles. The minimum absolute atomic E-state index is 0.220.